The van der Waals surface area contributed by atoms with Crippen molar-refractivity contribution in [2.75, 3.05) is 53.9 Å². The van der Waals surface area contributed by atoms with E-state index < -0.39 is 0 Å². The highest BCUT2D eigenvalue weighted by molar-refractivity contribution is 4.87. The van der Waals surface area contributed by atoms with E-state index in [-0.39, 0.29) is 0 Å². The molecule has 1 rings (SSSR count). The van der Waals surface area contributed by atoms with E-state index in [1.807, 2.05) is 0 Å². The summed E-state index contributed by atoms with van der Waals surface area (Å²) < 4.78 is 0. The third kappa shape index (κ3) is 5.03. The third-order valence-electron chi connectivity index (χ3n) is 3.45. The highest BCUT2D eigenvalue weighted by atomic mass is 15.2. The van der Waals surface area contributed by atoms with Crippen molar-refractivity contribution in [1.82, 2.24) is 14.7 Å². The van der Waals surface area contributed by atoms with Crippen LogP contribution in [0.15, 0.2) is 0 Å². The summed E-state index contributed by atoms with van der Waals surface area (Å²) in [6.07, 6.45) is 0.641. The predicted molar refractivity (Wildman–Crippen MR) is 70.8 cm³/mol. The van der Waals surface area contributed by atoms with E-state index in [9.17, 15) is 0 Å². The molecular weight excluding hydrogens is 212 g/mol. The van der Waals surface area contributed by atoms with Gasteiger partial charge in [0.25, 0.3) is 0 Å². The smallest absolute Gasteiger partial charge is 0.0638 e. The Morgan fingerprint density at radius 3 is 2.59 bits per heavy atom. The molecule has 1 heterocycles. The molecule has 17 heavy (non-hydrogen) atoms. The maximum atomic E-state index is 8.89. The molecule has 2 atom stereocenters. The quantitative estimate of drug-likeness (QED) is 0.722. The van der Waals surface area contributed by atoms with Crippen LogP contribution in [-0.2, 0) is 0 Å². The fourth-order valence-electron chi connectivity index (χ4n) is 2.50. The monoisotopic (exact) mass is 238 g/mol. The van der Waals surface area contributed by atoms with Crippen molar-refractivity contribution in [2.24, 2.45) is 5.92 Å². The molecule has 0 radical (unpaired) electrons. The Morgan fingerprint density at radius 1 is 1.29 bits per heavy atom. The van der Waals surface area contributed by atoms with Gasteiger partial charge in [-0.3, -0.25) is 0 Å². The van der Waals surface area contributed by atoms with Gasteiger partial charge < -0.3 is 14.7 Å². The molecule has 4 nitrogen and oxygen atoms in total. The van der Waals surface area contributed by atoms with Crippen molar-refractivity contribution in [3.8, 4) is 6.07 Å². The first-order valence-corrected chi connectivity index (χ1v) is 6.47. The first-order chi connectivity index (χ1) is 8.02. The molecule has 0 N–H and O–H groups in total. The summed E-state index contributed by atoms with van der Waals surface area (Å²) >= 11 is 0. The largest absolute Gasteiger partial charge is 0.308 e. The second-order valence-electron chi connectivity index (χ2n) is 5.62. The third-order valence-corrected chi connectivity index (χ3v) is 3.45. The average Bonchev–Trinajstić information content (AvgIpc) is 2.36. The van der Waals surface area contributed by atoms with Gasteiger partial charge in [-0.2, -0.15) is 5.26 Å². The lowest BCUT2D eigenvalue weighted by molar-refractivity contribution is 0.198. The van der Waals surface area contributed by atoms with Crippen molar-refractivity contribution in [2.45, 2.75) is 19.4 Å². The van der Waals surface area contributed by atoms with Crippen molar-refractivity contribution < 1.29 is 0 Å². The van der Waals surface area contributed by atoms with Crippen LogP contribution in [0.3, 0.4) is 0 Å². The Kier molecular flexibility index (Phi) is 5.90. The van der Waals surface area contributed by atoms with Gasteiger partial charge in [-0.05, 0) is 27.1 Å². The second-order valence-corrected chi connectivity index (χ2v) is 5.62. The normalized spacial score (nSPS) is 28.0. The summed E-state index contributed by atoms with van der Waals surface area (Å²) in [6.45, 7) is 7.78. The van der Waals surface area contributed by atoms with Gasteiger partial charge in [-0.1, -0.05) is 6.92 Å². The van der Waals surface area contributed by atoms with Gasteiger partial charge in [0.1, 0.15) is 0 Å². The van der Waals surface area contributed by atoms with E-state index in [4.69, 9.17) is 5.26 Å². The standard InChI is InChI=1S/C13H26N4/c1-12-9-16(4)13(5-6-14)11-17(10-12)8-7-15(2)3/h12-13H,5,7-11H2,1-4H3. The van der Waals surface area contributed by atoms with Crippen LogP contribution in [0.1, 0.15) is 13.3 Å². The van der Waals surface area contributed by atoms with E-state index in [1.54, 1.807) is 0 Å². The second kappa shape index (κ2) is 6.95. The topological polar surface area (TPSA) is 33.5 Å². The number of likely N-dealkylation sites (N-methyl/N-ethyl adjacent to an activating group) is 2. The van der Waals surface area contributed by atoms with Crippen LogP contribution >= 0.6 is 0 Å². The first kappa shape index (κ1) is 14.4. The summed E-state index contributed by atoms with van der Waals surface area (Å²) in [5.74, 6) is 0.686. The van der Waals surface area contributed by atoms with Crippen LogP contribution in [0.4, 0.5) is 0 Å². The molecule has 0 spiro atoms. The van der Waals surface area contributed by atoms with E-state index in [0.717, 1.165) is 32.7 Å². The molecule has 0 aliphatic carbocycles. The molecule has 1 aliphatic rings. The summed E-state index contributed by atoms with van der Waals surface area (Å²) in [4.78, 5) is 7.08. The van der Waals surface area contributed by atoms with E-state index in [1.165, 1.54) is 0 Å². The average molecular weight is 238 g/mol. The van der Waals surface area contributed by atoms with E-state index in [0.29, 0.717) is 18.4 Å². The van der Waals surface area contributed by atoms with Gasteiger partial charge in [-0.25, -0.2) is 0 Å². The van der Waals surface area contributed by atoms with Crippen LogP contribution in [0.2, 0.25) is 0 Å². The summed E-state index contributed by atoms with van der Waals surface area (Å²) in [7, 11) is 6.37. The van der Waals surface area contributed by atoms with Crippen molar-refractivity contribution >= 4 is 0 Å². The molecule has 1 saturated heterocycles. The number of rotatable bonds is 4. The van der Waals surface area contributed by atoms with Crippen molar-refractivity contribution in [3.63, 3.8) is 0 Å². The zero-order chi connectivity index (χ0) is 12.8. The van der Waals surface area contributed by atoms with E-state index >= 15 is 0 Å². The molecule has 0 saturated carbocycles. The minimum atomic E-state index is 0.395. The van der Waals surface area contributed by atoms with Crippen LogP contribution in [-0.4, -0.2) is 74.6 Å². The maximum absolute atomic E-state index is 8.89. The Labute approximate surface area is 106 Å². The Morgan fingerprint density at radius 2 is 2.00 bits per heavy atom. The van der Waals surface area contributed by atoms with Crippen LogP contribution < -0.4 is 0 Å². The maximum Gasteiger partial charge on any atom is 0.0638 e. The molecule has 98 valence electrons. The van der Waals surface area contributed by atoms with Crippen LogP contribution in [0, 0.1) is 17.2 Å². The summed E-state index contributed by atoms with van der Waals surface area (Å²) in [5, 5.41) is 8.89. The lowest BCUT2D eigenvalue weighted by Gasteiger charge is -2.27. The molecule has 0 aromatic rings. The zero-order valence-corrected chi connectivity index (χ0v) is 11.7. The number of hydrogen-bond donors (Lipinski definition) is 0. The molecule has 1 fully saturated rings. The molecule has 0 amide bonds. The molecule has 0 aromatic carbocycles. The minimum Gasteiger partial charge on any atom is -0.308 e. The van der Waals surface area contributed by atoms with E-state index in [2.05, 4.69) is 48.8 Å². The number of nitrogens with zero attached hydrogens (tertiary/aromatic N) is 4. The lowest BCUT2D eigenvalue weighted by Crippen LogP contribution is -2.40. The van der Waals surface area contributed by atoms with Gasteiger partial charge in [0.15, 0.2) is 0 Å². The first-order valence-electron chi connectivity index (χ1n) is 6.47. The molecule has 0 bridgehead atoms. The lowest BCUT2D eigenvalue weighted by atomic mass is 10.1. The fourth-order valence-corrected chi connectivity index (χ4v) is 2.50. The van der Waals surface area contributed by atoms with Gasteiger partial charge in [0.05, 0.1) is 12.5 Å². The molecule has 0 aromatic heterocycles. The Bertz CT molecular complexity index is 259. The fraction of sp³-hybridized carbons (Fsp3) is 0.923. The van der Waals surface area contributed by atoms with Gasteiger partial charge in [0, 0.05) is 38.8 Å². The zero-order valence-electron chi connectivity index (χ0n) is 11.7. The van der Waals surface area contributed by atoms with Gasteiger partial charge in [-0.15, -0.1) is 0 Å². The molecular formula is C13H26N4. The number of hydrogen-bond acceptors (Lipinski definition) is 4. The van der Waals surface area contributed by atoms with Crippen molar-refractivity contribution in [1.29, 1.82) is 5.26 Å². The van der Waals surface area contributed by atoms with Gasteiger partial charge >= 0.3 is 0 Å². The molecule has 4 heteroatoms. The molecule has 2 unspecified atom stereocenters. The molecule has 1 aliphatic heterocycles. The highest BCUT2D eigenvalue weighted by Crippen LogP contribution is 2.14. The van der Waals surface area contributed by atoms with Crippen LogP contribution in [0.25, 0.3) is 0 Å². The SMILES string of the molecule is CC1CN(CCN(C)C)CC(CC#N)N(C)C1. The van der Waals surface area contributed by atoms with Crippen LogP contribution in [0.5, 0.6) is 0 Å². The summed E-state index contributed by atoms with van der Waals surface area (Å²) in [6, 6.07) is 2.71. The van der Waals surface area contributed by atoms with Gasteiger partial charge in [0.2, 0.25) is 0 Å². The van der Waals surface area contributed by atoms with Crippen molar-refractivity contribution in [3.05, 3.63) is 0 Å². The predicted octanol–water partition coefficient (Wildman–Crippen LogP) is 0.714. The summed E-state index contributed by atoms with van der Waals surface area (Å²) in [5.41, 5.74) is 0. The Balaban J connectivity index is 2.55. The Hall–Kier alpha value is -0.630. The highest BCUT2D eigenvalue weighted by Gasteiger charge is 2.25. The minimum absolute atomic E-state index is 0.395. The number of nitriles is 1.